The largest absolute Gasteiger partial charge is 0.275 e. The van der Waals surface area contributed by atoms with E-state index in [0.717, 1.165) is 22.4 Å². The van der Waals surface area contributed by atoms with Crippen LogP contribution < -0.4 is 0 Å². The maximum Gasteiger partial charge on any atom is 0.264 e. The van der Waals surface area contributed by atoms with Crippen molar-refractivity contribution in [3.8, 4) is 0 Å². The van der Waals surface area contributed by atoms with Crippen LogP contribution in [0.2, 0.25) is 0 Å². The second kappa shape index (κ2) is 6.87. The van der Waals surface area contributed by atoms with Crippen LogP contribution in [0.15, 0.2) is 36.5 Å². The summed E-state index contributed by atoms with van der Waals surface area (Å²) in [7, 11) is -7.06. The molecule has 0 heterocycles. The standard InChI is InChI=1S/C12H17NO5S2/c1-19(14,15)13(10-11-18-20(2,16)17)9-8-12-6-4-3-5-7-12/h3-9H,10-11H2,1-2H3. The number of sulfonamides is 1. The summed E-state index contributed by atoms with van der Waals surface area (Å²) < 4.78 is 50.4. The first-order valence-corrected chi connectivity index (χ1v) is 9.39. The topological polar surface area (TPSA) is 80.8 Å². The first-order chi connectivity index (χ1) is 9.18. The number of rotatable bonds is 7. The molecule has 0 radical (unpaired) electrons. The zero-order valence-corrected chi connectivity index (χ0v) is 12.9. The summed E-state index contributed by atoms with van der Waals surface area (Å²) in [5.41, 5.74) is 0.838. The van der Waals surface area contributed by atoms with Crippen molar-refractivity contribution in [1.82, 2.24) is 4.31 Å². The lowest BCUT2D eigenvalue weighted by Crippen LogP contribution is -2.28. The van der Waals surface area contributed by atoms with Crippen molar-refractivity contribution in [2.75, 3.05) is 25.7 Å². The summed E-state index contributed by atoms with van der Waals surface area (Å²) in [6.07, 6.45) is 4.97. The number of nitrogens with zero attached hydrogens (tertiary/aromatic N) is 1. The lowest BCUT2D eigenvalue weighted by atomic mass is 10.2. The maximum absolute atomic E-state index is 11.6. The predicted molar refractivity (Wildman–Crippen MR) is 77.8 cm³/mol. The van der Waals surface area contributed by atoms with Crippen LogP contribution in [-0.4, -0.2) is 46.8 Å². The molecule has 0 spiro atoms. The van der Waals surface area contributed by atoms with Gasteiger partial charge < -0.3 is 0 Å². The van der Waals surface area contributed by atoms with E-state index >= 15 is 0 Å². The van der Waals surface area contributed by atoms with Crippen LogP contribution in [0.4, 0.5) is 0 Å². The Morgan fingerprint density at radius 3 is 2.20 bits per heavy atom. The molecule has 0 aliphatic carbocycles. The fourth-order valence-electron chi connectivity index (χ4n) is 1.36. The van der Waals surface area contributed by atoms with Crippen LogP contribution in [0.3, 0.4) is 0 Å². The Kier molecular flexibility index (Phi) is 5.73. The highest BCUT2D eigenvalue weighted by molar-refractivity contribution is 7.88. The summed E-state index contributed by atoms with van der Waals surface area (Å²) in [6, 6.07) is 9.16. The van der Waals surface area contributed by atoms with E-state index in [1.54, 1.807) is 6.08 Å². The first-order valence-electron chi connectivity index (χ1n) is 5.73. The average molecular weight is 319 g/mol. The SMILES string of the molecule is CS(=O)(=O)OCCN(C=Cc1ccccc1)S(C)(=O)=O. The number of hydrogen-bond acceptors (Lipinski definition) is 5. The van der Waals surface area contributed by atoms with Gasteiger partial charge in [-0.05, 0) is 11.6 Å². The molecule has 0 aliphatic heterocycles. The fraction of sp³-hybridized carbons (Fsp3) is 0.333. The number of benzene rings is 1. The quantitative estimate of drug-likeness (QED) is 0.697. The molecule has 6 nitrogen and oxygen atoms in total. The average Bonchev–Trinajstić information content (AvgIpc) is 2.32. The van der Waals surface area contributed by atoms with Gasteiger partial charge in [0.15, 0.2) is 0 Å². The van der Waals surface area contributed by atoms with Crippen LogP contribution in [-0.2, 0) is 24.3 Å². The predicted octanol–water partition coefficient (Wildman–Crippen LogP) is 0.895. The summed E-state index contributed by atoms with van der Waals surface area (Å²) in [4.78, 5) is 0. The Morgan fingerprint density at radius 2 is 1.70 bits per heavy atom. The van der Waals surface area contributed by atoms with E-state index in [1.807, 2.05) is 30.3 Å². The Bertz CT molecular complexity index is 650. The van der Waals surface area contributed by atoms with E-state index in [2.05, 4.69) is 4.18 Å². The third-order valence-electron chi connectivity index (χ3n) is 2.27. The van der Waals surface area contributed by atoms with Crippen LogP contribution in [0.1, 0.15) is 5.56 Å². The molecule has 1 rings (SSSR count). The maximum atomic E-state index is 11.6. The molecule has 8 heteroatoms. The molecule has 0 bridgehead atoms. The zero-order valence-electron chi connectivity index (χ0n) is 11.3. The minimum atomic E-state index is -3.58. The van der Waals surface area contributed by atoms with Crippen molar-refractivity contribution in [3.63, 3.8) is 0 Å². The first kappa shape index (κ1) is 16.7. The van der Waals surface area contributed by atoms with Gasteiger partial charge in [0.1, 0.15) is 0 Å². The molecule has 0 saturated carbocycles. The Labute approximate surface area is 119 Å². The molecule has 0 unspecified atom stereocenters. The van der Waals surface area contributed by atoms with Crippen LogP contribution >= 0.6 is 0 Å². The molecular formula is C12H17NO5S2. The second-order valence-corrected chi connectivity index (χ2v) is 7.71. The summed E-state index contributed by atoms with van der Waals surface area (Å²) in [5, 5.41) is 0. The van der Waals surface area contributed by atoms with Crippen molar-refractivity contribution in [3.05, 3.63) is 42.1 Å². The zero-order chi connectivity index (χ0) is 15.2. The van der Waals surface area contributed by atoms with Gasteiger partial charge >= 0.3 is 0 Å². The fourth-order valence-corrected chi connectivity index (χ4v) is 2.43. The summed E-state index contributed by atoms with van der Waals surface area (Å²) in [6.45, 7) is -0.305. The van der Waals surface area contributed by atoms with Gasteiger partial charge in [-0.2, -0.15) is 8.42 Å². The third-order valence-corrected chi connectivity index (χ3v) is 4.02. The molecule has 112 valence electrons. The normalized spacial score (nSPS) is 12.7. The second-order valence-electron chi connectivity index (χ2n) is 4.13. The van der Waals surface area contributed by atoms with Gasteiger partial charge in [0, 0.05) is 6.20 Å². The molecule has 0 atom stereocenters. The molecule has 0 saturated heterocycles. The summed E-state index contributed by atoms with van der Waals surface area (Å²) >= 11 is 0. The van der Waals surface area contributed by atoms with Gasteiger partial charge in [-0.25, -0.2) is 8.42 Å². The Balaban J connectivity index is 2.74. The van der Waals surface area contributed by atoms with E-state index in [-0.39, 0.29) is 13.2 Å². The number of hydrogen-bond donors (Lipinski definition) is 0. The van der Waals surface area contributed by atoms with E-state index in [1.165, 1.54) is 6.20 Å². The van der Waals surface area contributed by atoms with Crippen molar-refractivity contribution in [1.29, 1.82) is 0 Å². The van der Waals surface area contributed by atoms with Crippen molar-refractivity contribution < 1.29 is 21.0 Å². The molecular weight excluding hydrogens is 302 g/mol. The van der Waals surface area contributed by atoms with Crippen molar-refractivity contribution >= 4 is 26.2 Å². The van der Waals surface area contributed by atoms with Gasteiger partial charge in [0.2, 0.25) is 10.0 Å². The van der Waals surface area contributed by atoms with E-state index < -0.39 is 20.1 Å². The molecule has 0 fully saturated rings. The highest BCUT2D eigenvalue weighted by Crippen LogP contribution is 2.06. The molecule has 0 N–H and O–H groups in total. The molecule has 0 amide bonds. The summed E-state index contributed by atoms with van der Waals surface area (Å²) in [5.74, 6) is 0. The third kappa shape index (κ3) is 6.69. The van der Waals surface area contributed by atoms with E-state index in [0.29, 0.717) is 0 Å². The van der Waals surface area contributed by atoms with Gasteiger partial charge in [0.25, 0.3) is 10.1 Å². The van der Waals surface area contributed by atoms with Crippen molar-refractivity contribution in [2.45, 2.75) is 0 Å². The van der Waals surface area contributed by atoms with Gasteiger partial charge in [-0.15, -0.1) is 0 Å². The van der Waals surface area contributed by atoms with Crippen molar-refractivity contribution in [2.24, 2.45) is 0 Å². The van der Waals surface area contributed by atoms with Crippen LogP contribution in [0, 0.1) is 0 Å². The smallest absolute Gasteiger partial charge is 0.264 e. The Morgan fingerprint density at radius 1 is 1.10 bits per heavy atom. The minimum absolute atomic E-state index is 0.0742. The van der Waals surface area contributed by atoms with E-state index in [4.69, 9.17) is 0 Å². The molecule has 0 aliphatic rings. The van der Waals surface area contributed by atoms with E-state index in [9.17, 15) is 16.8 Å². The van der Waals surface area contributed by atoms with Crippen LogP contribution in [0.25, 0.3) is 6.08 Å². The van der Waals surface area contributed by atoms with Crippen LogP contribution in [0.5, 0.6) is 0 Å². The van der Waals surface area contributed by atoms with Gasteiger partial charge in [-0.3, -0.25) is 8.49 Å². The molecule has 20 heavy (non-hydrogen) atoms. The monoisotopic (exact) mass is 319 g/mol. The molecule has 0 aromatic heterocycles. The lowest BCUT2D eigenvalue weighted by Gasteiger charge is -2.17. The van der Waals surface area contributed by atoms with Gasteiger partial charge in [-0.1, -0.05) is 30.3 Å². The minimum Gasteiger partial charge on any atom is -0.275 e. The molecule has 1 aromatic carbocycles. The lowest BCUT2D eigenvalue weighted by molar-refractivity contribution is 0.300. The van der Waals surface area contributed by atoms with Gasteiger partial charge in [0.05, 0.1) is 25.7 Å². The highest BCUT2D eigenvalue weighted by Gasteiger charge is 2.13. The molecule has 1 aromatic rings. The highest BCUT2D eigenvalue weighted by atomic mass is 32.2. The Hall–Kier alpha value is -1.38.